The van der Waals surface area contributed by atoms with Crippen LogP contribution in [0.5, 0.6) is 0 Å². The smallest absolute Gasteiger partial charge is 0.254 e. The molecule has 3 aromatic rings. The zero-order chi connectivity index (χ0) is 19.8. The van der Waals surface area contributed by atoms with Crippen molar-refractivity contribution in [3.05, 3.63) is 71.8 Å². The van der Waals surface area contributed by atoms with Gasteiger partial charge in [-0.2, -0.15) is 0 Å². The molecule has 2 aliphatic heterocycles. The highest BCUT2D eigenvalue weighted by Gasteiger charge is 2.36. The van der Waals surface area contributed by atoms with Gasteiger partial charge in [-0.3, -0.25) is 9.69 Å². The van der Waals surface area contributed by atoms with Crippen molar-refractivity contribution in [2.24, 2.45) is 0 Å². The third-order valence-electron chi connectivity index (χ3n) is 6.30. The van der Waals surface area contributed by atoms with E-state index in [0.29, 0.717) is 6.04 Å². The van der Waals surface area contributed by atoms with E-state index >= 15 is 0 Å². The van der Waals surface area contributed by atoms with Gasteiger partial charge in [0.1, 0.15) is 0 Å². The molecule has 3 aromatic carbocycles. The summed E-state index contributed by atoms with van der Waals surface area (Å²) in [5.74, 6) is 0.141. The van der Waals surface area contributed by atoms with Crippen molar-refractivity contribution in [3.63, 3.8) is 0 Å². The highest BCUT2D eigenvalue weighted by molar-refractivity contribution is 6.11. The minimum Gasteiger partial charge on any atom is -0.379 e. The molecule has 1 amide bonds. The predicted molar refractivity (Wildman–Crippen MR) is 116 cm³/mol. The fraction of sp³-hybridized carbons (Fsp3) is 0.320. The maximum absolute atomic E-state index is 13.3. The van der Waals surface area contributed by atoms with Crippen LogP contribution in [-0.4, -0.2) is 61.1 Å². The molecule has 4 heteroatoms. The van der Waals surface area contributed by atoms with Crippen molar-refractivity contribution >= 4 is 16.7 Å². The molecule has 0 unspecified atom stereocenters. The maximum atomic E-state index is 13.3. The lowest BCUT2D eigenvalue weighted by Crippen LogP contribution is -2.62. The van der Waals surface area contributed by atoms with Crippen LogP contribution < -0.4 is 0 Å². The molecular weight excluding hydrogens is 360 g/mol. The number of nitrogens with zero attached hydrogens (tertiary/aromatic N) is 2. The zero-order valence-electron chi connectivity index (χ0n) is 16.8. The standard InChI is InChI=1S/C25H26N2O2/c1-18-6-2-3-7-20(18)23-10-11-24(22-9-5-4-8-21(22)23)25(28)27-16-19(17-27)26-12-14-29-15-13-26/h2-11,19H,12-17H2,1H3. The summed E-state index contributed by atoms with van der Waals surface area (Å²) in [6, 6.07) is 21.3. The number of likely N-dealkylation sites (tertiary alicyclic amines) is 1. The SMILES string of the molecule is Cc1ccccc1-c1ccc(C(=O)N2CC(N3CCOCC3)C2)c2ccccc12. The van der Waals surface area contributed by atoms with Crippen LogP contribution in [0.25, 0.3) is 21.9 Å². The summed E-state index contributed by atoms with van der Waals surface area (Å²) in [4.78, 5) is 17.7. The van der Waals surface area contributed by atoms with Gasteiger partial charge in [-0.1, -0.05) is 54.6 Å². The van der Waals surface area contributed by atoms with Crippen LogP contribution in [0.2, 0.25) is 0 Å². The molecule has 0 N–H and O–H groups in total. The summed E-state index contributed by atoms with van der Waals surface area (Å²) < 4.78 is 5.44. The van der Waals surface area contributed by atoms with Crippen LogP contribution >= 0.6 is 0 Å². The number of ether oxygens (including phenoxy) is 1. The van der Waals surface area contributed by atoms with Crippen LogP contribution in [0, 0.1) is 6.92 Å². The van der Waals surface area contributed by atoms with E-state index in [-0.39, 0.29) is 5.91 Å². The van der Waals surface area contributed by atoms with Gasteiger partial charge < -0.3 is 9.64 Å². The Hall–Kier alpha value is -2.69. The molecule has 4 nitrogen and oxygen atoms in total. The molecule has 0 radical (unpaired) electrons. The Balaban J connectivity index is 1.44. The maximum Gasteiger partial charge on any atom is 0.254 e. The van der Waals surface area contributed by atoms with Gasteiger partial charge in [0.05, 0.1) is 13.2 Å². The van der Waals surface area contributed by atoms with Gasteiger partial charge >= 0.3 is 0 Å². The number of carbonyl (C=O) groups excluding carboxylic acids is 1. The van der Waals surface area contributed by atoms with Crippen LogP contribution in [0.1, 0.15) is 15.9 Å². The number of hydrogen-bond acceptors (Lipinski definition) is 3. The number of fused-ring (bicyclic) bond motifs is 1. The molecule has 0 aromatic heterocycles. The highest BCUT2D eigenvalue weighted by Crippen LogP contribution is 2.33. The molecular formula is C25H26N2O2. The number of carbonyl (C=O) groups is 1. The van der Waals surface area contributed by atoms with E-state index in [9.17, 15) is 4.79 Å². The van der Waals surface area contributed by atoms with Gasteiger partial charge in [-0.05, 0) is 40.5 Å². The number of amides is 1. The fourth-order valence-electron chi connectivity index (χ4n) is 4.56. The predicted octanol–water partition coefficient (Wildman–Crippen LogP) is 3.97. The van der Waals surface area contributed by atoms with E-state index in [1.165, 1.54) is 16.7 Å². The first-order valence-corrected chi connectivity index (χ1v) is 10.4. The van der Waals surface area contributed by atoms with Crippen LogP contribution in [0.3, 0.4) is 0 Å². The van der Waals surface area contributed by atoms with E-state index < -0.39 is 0 Å². The molecule has 0 saturated carbocycles. The van der Waals surface area contributed by atoms with Crippen molar-refractivity contribution in [1.29, 1.82) is 0 Å². The van der Waals surface area contributed by atoms with E-state index in [4.69, 9.17) is 4.74 Å². The van der Waals surface area contributed by atoms with E-state index in [1.807, 2.05) is 17.0 Å². The first-order valence-electron chi connectivity index (χ1n) is 10.4. The zero-order valence-corrected chi connectivity index (χ0v) is 16.8. The minimum absolute atomic E-state index is 0.141. The van der Waals surface area contributed by atoms with Gasteiger partial charge in [0, 0.05) is 37.8 Å². The molecule has 2 heterocycles. The van der Waals surface area contributed by atoms with Gasteiger partial charge in [0.15, 0.2) is 0 Å². The molecule has 0 atom stereocenters. The fourth-order valence-corrected chi connectivity index (χ4v) is 4.56. The number of aryl methyl sites for hydroxylation is 1. The summed E-state index contributed by atoms with van der Waals surface area (Å²) in [7, 11) is 0. The Morgan fingerprint density at radius 2 is 1.55 bits per heavy atom. The largest absolute Gasteiger partial charge is 0.379 e. The summed E-state index contributed by atoms with van der Waals surface area (Å²) in [5, 5.41) is 2.17. The van der Waals surface area contributed by atoms with E-state index in [0.717, 1.165) is 55.7 Å². The summed E-state index contributed by atoms with van der Waals surface area (Å²) >= 11 is 0. The number of hydrogen-bond donors (Lipinski definition) is 0. The Morgan fingerprint density at radius 3 is 2.31 bits per heavy atom. The molecule has 0 bridgehead atoms. The normalized spacial score (nSPS) is 18.0. The summed E-state index contributed by atoms with van der Waals surface area (Å²) in [6.07, 6.45) is 0. The number of benzene rings is 3. The van der Waals surface area contributed by atoms with Crippen molar-refractivity contribution < 1.29 is 9.53 Å². The highest BCUT2D eigenvalue weighted by atomic mass is 16.5. The Labute approximate surface area is 171 Å². The molecule has 148 valence electrons. The number of rotatable bonds is 3. The summed E-state index contributed by atoms with van der Waals surface area (Å²) in [5.41, 5.74) is 4.45. The third kappa shape index (κ3) is 3.33. The molecule has 29 heavy (non-hydrogen) atoms. The van der Waals surface area contributed by atoms with Gasteiger partial charge in [0.2, 0.25) is 0 Å². The lowest BCUT2D eigenvalue weighted by atomic mass is 9.92. The second kappa shape index (κ2) is 7.62. The Bertz CT molecular complexity index is 1050. The lowest BCUT2D eigenvalue weighted by Gasteiger charge is -2.46. The minimum atomic E-state index is 0.141. The van der Waals surface area contributed by atoms with Gasteiger partial charge in [0.25, 0.3) is 5.91 Å². The molecule has 2 saturated heterocycles. The second-order valence-corrected chi connectivity index (χ2v) is 8.03. The number of morpholine rings is 1. The van der Waals surface area contributed by atoms with Crippen molar-refractivity contribution in [3.8, 4) is 11.1 Å². The Kier molecular flexibility index (Phi) is 4.82. The molecule has 5 rings (SSSR count). The molecule has 2 fully saturated rings. The third-order valence-corrected chi connectivity index (χ3v) is 6.30. The monoisotopic (exact) mass is 386 g/mol. The van der Waals surface area contributed by atoms with Crippen LogP contribution in [0.15, 0.2) is 60.7 Å². The Morgan fingerprint density at radius 1 is 0.862 bits per heavy atom. The van der Waals surface area contributed by atoms with E-state index in [2.05, 4.69) is 60.4 Å². The van der Waals surface area contributed by atoms with Crippen LogP contribution in [0.4, 0.5) is 0 Å². The van der Waals surface area contributed by atoms with Crippen LogP contribution in [-0.2, 0) is 4.74 Å². The van der Waals surface area contributed by atoms with E-state index in [1.54, 1.807) is 0 Å². The molecule has 0 aliphatic carbocycles. The second-order valence-electron chi connectivity index (χ2n) is 8.03. The van der Waals surface area contributed by atoms with Crippen molar-refractivity contribution in [1.82, 2.24) is 9.80 Å². The molecule has 0 spiro atoms. The quantitative estimate of drug-likeness (QED) is 0.683. The first-order chi connectivity index (χ1) is 14.2. The lowest BCUT2D eigenvalue weighted by molar-refractivity contribution is -0.0255. The van der Waals surface area contributed by atoms with Crippen molar-refractivity contribution in [2.45, 2.75) is 13.0 Å². The summed E-state index contributed by atoms with van der Waals surface area (Å²) in [6.45, 7) is 7.31. The van der Waals surface area contributed by atoms with Crippen molar-refractivity contribution in [2.75, 3.05) is 39.4 Å². The first kappa shape index (κ1) is 18.3. The topological polar surface area (TPSA) is 32.8 Å². The average Bonchev–Trinajstić information content (AvgIpc) is 2.73. The van der Waals surface area contributed by atoms with Gasteiger partial charge in [-0.25, -0.2) is 0 Å². The average molecular weight is 386 g/mol. The molecule has 2 aliphatic rings. The van der Waals surface area contributed by atoms with Gasteiger partial charge in [-0.15, -0.1) is 0 Å².